The molecule has 124 valence electrons. The van der Waals surface area contributed by atoms with Crippen LogP contribution in [-0.4, -0.2) is 37.8 Å². The van der Waals surface area contributed by atoms with Gasteiger partial charge in [-0.1, -0.05) is 18.2 Å². The molecule has 0 fully saturated rings. The first-order chi connectivity index (χ1) is 10.9. The SMILES string of the molecule is COc1ccccc1S(=O)(=O)NCC(O)Cn1ccccc1=O. The Bertz CT molecular complexity index is 816. The molecule has 1 heterocycles. The van der Waals surface area contributed by atoms with Crippen LogP contribution in [0.25, 0.3) is 0 Å². The molecule has 0 saturated carbocycles. The molecule has 7 nitrogen and oxygen atoms in total. The van der Waals surface area contributed by atoms with Crippen LogP contribution in [0.5, 0.6) is 5.75 Å². The molecule has 0 aliphatic carbocycles. The number of hydrogen-bond donors (Lipinski definition) is 2. The van der Waals surface area contributed by atoms with Gasteiger partial charge in [0.2, 0.25) is 10.0 Å². The molecule has 0 amide bonds. The predicted octanol–water partition coefficient (Wildman–Crippen LogP) is 0.196. The Morgan fingerprint density at radius 2 is 1.91 bits per heavy atom. The predicted molar refractivity (Wildman–Crippen MR) is 84.9 cm³/mol. The van der Waals surface area contributed by atoms with Crippen LogP contribution in [0, 0.1) is 0 Å². The van der Waals surface area contributed by atoms with Gasteiger partial charge in [-0.05, 0) is 18.2 Å². The minimum absolute atomic E-state index is 0.00584. The van der Waals surface area contributed by atoms with Crippen LogP contribution in [0.2, 0.25) is 0 Å². The Labute approximate surface area is 134 Å². The first-order valence-corrected chi connectivity index (χ1v) is 8.38. The molecule has 0 saturated heterocycles. The van der Waals surface area contributed by atoms with E-state index in [1.165, 1.54) is 36.1 Å². The van der Waals surface area contributed by atoms with Gasteiger partial charge in [0.05, 0.1) is 19.8 Å². The van der Waals surface area contributed by atoms with Crippen LogP contribution < -0.4 is 15.0 Å². The maximum atomic E-state index is 12.3. The van der Waals surface area contributed by atoms with Crippen molar-refractivity contribution in [1.82, 2.24) is 9.29 Å². The monoisotopic (exact) mass is 338 g/mol. The Hall–Kier alpha value is -2.16. The number of hydrogen-bond acceptors (Lipinski definition) is 5. The maximum absolute atomic E-state index is 12.3. The second-order valence-electron chi connectivity index (χ2n) is 4.85. The fraction of sp³-hybridized carbons (Fsp3) is 0.267. The highest BCUT2D eigenvalue weighted by Crippen LogP contribution is 2.22. The third-order valence-electron chi connectivity index (χ3n) is 3.17. The summed E-state index contributed by atoms with van der Waals surface area (Å²) in [6, 6.07) is 10.8. The van der Waals surface area contributed by atoms with Crippen molar-refractivity contribution in [2.75, 3.05) is 13.7 Å². The van der Waals surface area contributed by atoms with Gasteiger partial charge in [0, 0.05) is 18.8 Å². The van der Waals surface area contributed by atoms with E-state index in [1.54, 1.807) is 24.3 Å². The molecule has 0 radical (unpaired) electrons. The van der Waals surface area contributed by atoms with E-state index in [0.717, 1.165) is 0 Å². The average molecular weight is 338 g/mol. The number of pyridine rings is 1. The molecule has 1 aromatic carbocycles. The number of nitrogens with zero attached hydrogens (tertiary/aromatic N) is 1. The Morgan fingerprint density at radius 1 is 1.22 bits per heavy atom. The molecule has 0 aliphatic rings. The van der Waals surface area contributed by atoms with Crippen molar-refractivity contribution in [1.29, 1.82) is 0 Å². The van der Waals surface area contributed by atoms with E-state index in [-0.39, 0.29) is 29.3 Å². The van der Waals surface area contributed by atoms with Crippen LogP contribution in [0.3, 0.4) is 0 Å². The minimum atomic E-state index is -3.82. The van der Waals surface area contributed by atoms with Gasteiger partial charge in [0.1, 0.15) is 10.6 Å². The minimum Gasteiger partial charge on any atom is -0.495 e. The number of aromatic nitrogens is 1. The summed E-state index contributed by atoms with van der Waals surface area (Å²) in [5, 5.41) is 9.95. The van der Waals surface area contributed by atoms with Crippen molar-refractivity contribution in [3.05, 3.63) is 59.0 Å². The number of rotatable bonds is 7. The van der Waals surface area contributed by atoms with Gasteiger partial charge in [-0.25, -0.2) is 13.1 Å². The molecule has 0 spiro atoms. The lowest BCUT2D eigenvalue weighted by Crippen LogP contribution is -2.36. The number of benzene rings is 1. The van der Waals surface area contributed by atoms with Crippen LogP contribution in [0.4, 0.5) is 0 Å². The summed E-state index contributed by atoms with van der Waals surface area (Å²) in [6.45, 7) is -0.226. The van der Waals surface area contributed by atoms with Gasteiger partial charge in [0.15, 0.2) is 0 Å². The molecule has 23 heavy (non-hydrogen) atoms. The second-order valence-corrected chi connectivity index (χ2v) is 6.58. The van der Waals surface area contributed by atoms with E-state index < -0.39 is 16.1 Å². The molecular formula is C15H18N2O5S. The molecule has 0 aliphatic heterocycles. The van der Waals surface area contributed by atoms with Crippen molar-refractivity contribution in [3.63, 3.8) is 0 Å². The fourth-order valence-electron chi connectivity index (χ4n) is 2.03. The fourth-order valence-corrected chi connectivity index (χ4v) is 3.27. The average Bonchev–Trinajstić information content (AvgIpc) is 2.55. The lowest BCUT2D eigenvalue weighted by molar-refractivity contribution is 0.156. The number of nitrogens with one attached hydrogen (secondary N) is 1. The van der Waals surface area contributed by atoms with Gasteiger partial charge in [-0.2, -0.15) is 0 Å². The van der Waals surface area contributed by atoms with Gasteiger partial charge in [-0.3, -0.25) is 4.79 Å². The zero-order valence-corrected chi connectivity index (χ0v) is 13.4. The molecule has 2 rings (SSSR count). The van der Waals surface area contributed by atoms with Crippen molar-refractivity contribution in [3.8, 4) is 5.75 Å². The van der Waals surface area contributed by atoms with Gasteiger partial charge in [0.25, 0.3) is 5.56 Å². The summed E-state index contributed by atoms with van der Waals surface area (Å²) in [6.07, 6.45) is 0.486. The summed E-state index contributed by atoms with van der Waals surface area (Å²) in [5.74, 6) is 0.216. The maximum Gasteiger partial charge on any atom is 0.250 e. The van der Waals surface area contributed by atoms with Gasteiger partial charge >= 0.3 is 0 Å². The number of para-hydroxylation sites is 1. The van der Waals surface area contributed by atoms with Crippen molar-refractivity contribution in [2.45, 2.75) is 17.5 Å². The van der Waals surface area contributed by atoms with Crippen LogP contribution in [0.1, 0.15) is 0 Å². The molecule has 0 bridgehead atoms. The Balaban J connectivity index is 2.04. The molecular weight excluding hydrogens is 320 g/mol. The zero-order valence-electron chi connectivity index (χ0n) is 12.5. The van der Waals surface area contributed by atoms with Crippen molar-refractivity contribution < 1.29 is 18.3 Å². The van der Waals surface area contributed by atoms with E-state index in [2.05, 4.69) is 4.72 Å². The Kier molecular flexibility index (Phi) is 5.54. The quantitative estimate of drug-likeness (QED) is 0.751. The lowest BCUT2D eigenvalue weighted by atomic mass is 10.3. The van der Waals surface area contributed by atoms with E-state index in [9.17, 15) is 18.3 Å². The highest BCUT2D eigenvalue weighted by molar-refractivity contribution is 7.89. The number of aliphatic hydroxyl groups excluding tert-OH is 1. The summed E-state index contributed by atoms with van der Waals surface area (Å²) >= 11 is 0. The number of aliphatic hydroxyl groups is 1. The highest BCUT2D eigenvalue weighted by Gasteiger charge is 2.20. The van der Waals surface area contributed by atoms with Crippen LogP contribution >= 0.6 is 0 Å². The Morgan fingerprint density at radius 3 is 2.61 bits per heavy atom. The number of ether oxygens (including phenoxy) is 1. The normalized spacial score (nSPS) is 12.8. The van der Waals surface area contributed by atoms with E-state index >= 15 is 0 Å². The van der Waals surface area contributed by atoms with Gasteiger partial charge < -0.3 is 14.4 Å². The van der Waals surface area contributed by atoms with Gasteiger partial charge in [-0.15, -0.1) is 0 Å². The van der Waals surface area contributed by atoms with Crippen LogP contribution in [-0.2, 0) is 16.6 Å². The summed E-state index contributed by atoms with van der Waals surface area (Å²) < 4.78 is 33.2. The van der Waals surface area contributed by atoms with Crippen molar-refractivity contribution >= 4 is 10.0 Å². The summed E-state index contributed by atoms with van der Waals surface area (Å²) in [4.78, 5) is 11.5. The number of sulfonamides is 1. The zero-order chi connectivity index (χ0) is 16.9. The lowest BCUT2D eigenvalue weighted by Gasteiger charge is -2.14. The molecule has 1 unspecified atom stereocenters. The molecule has 1 aromatic heterocycles. The second kappa shape index (κ2) is 7.40. The topological polar surface area (TPSA) is 97.6 Å². The summed E-state index contributed by atoms with van der Waals surface area (Å²) in [7, 11) is -2.44. The smallest absolute Gasteiger partial charge is 0.250 e. The van der Waals surface area contributed by atoms with E-state index in [1.807, 2.05) is 0 Å². The molecule has 2 N–H and O–H groups in total. The highest BCUT2D eigenvalue weighted by atomic mass is 32.2. The molecule has 1 atom stereocenters. The van der Waals surface area contributed by atoms with Crippen molar-refractivity contribution in [2.24, 2.45) is 0 Å². The van der Waals surface area contributed by atoms with E-state index in [0.29, 0.717) is 0 Å². The first-order valence-electron chi connectivity index (χ1n) is 6.90. The first kappa shape index (κ1) is 17.2. The van der Waals surface area contributed by atoms with E-state index in [4.69, 9.17) is 4.74 Å². The molecule has 2 aromatic rings. The third kappa shape index (κ3) is 4.41. The molecule has 8 heteroatoms. The largest absolute Gasteiger partial charge is 0.495 e. The standard InChI is InChI=1S/C15H18N2O5S/c1-22-13-6-2-3-7-14(13)23(20,21)16-10-12(18)11-17-9-5-4-8-15(17)19/h2-9,12,16,18H,10-11H2,1H3. The van der Waals surface area contributed by atoms with Crippen LogP contribution in [0.15, 0.2) is 58.4 Å². The summed E-state index contributed by atoms with van der Waals surface area (Å²) in [5.41, 5.74) is -0.265. The number of methoxy groups -OCH3 is 1. The third-order valence-corrected chi connectivity index (χ3v) is 4.64.